The van der Waals surface area contributed by atoms with Crippen LogP contribution in [0.1, 0.15) is 25.6 Å². The van der Waals surface area contributed by atoms with E-state index >= 15 is 0 Å². The Bertz CT molecular complexity index is 492. The predicted molar refractivity (Wildman–Crippen MR) is 65.9 cm³/mol. The van der Waals surface area contributed by atoms with Gasteiger partial charge in [0.25, 0.3) is 0 Å². The van der Waals surface area contributed by atoms with Gasteiger partial charge >= 0.3 is 0 Å². The summed E-state index contributed by atoms with van der Waals surface area (Å²) in [6.45, 7) is 4.54. The van der Waals surface area contributed by atoms with Gasteiger partial charge in [-0.15, -0.1) is 0 Å². The second kappa shape index (κ2) is 5.21. The molecule has 1 N–H and O–H groups in total. The zero-order valence-corrected chi connectivity index (χ0v) is 10.3. The molecule has 1 aromatic carbocycles. The molecule has 2 aromatic rings. The Kier molecular flexibility index (Phi) is 3.66. The van der Waals surface area contributed by atoms with Gasteiger partial charge in [0.1, 0.15) is 5.76 Å². The smallest absolute Gasteiger partial charge is 0.176 e. The highest BCUT2D eigenvalue weighted by molar-refractivity contribution is 5.83. The van der Waals surface area contributed by atoms with Gasteiger partial charge in [-0.25, -0.2) is 0 Å². The molecule has 4 nitrogen and oxygen atoms in total. The minimum atomic E-state index is 0.00653. The van der Waals surface area contributed by atoms with Crippen molar-refractivity contribution in [3.63, 3.8) is 0 Å². The van der Waals surface area contributed by atoms with Crippen LogP contribution in [0.25, 0.3) is 11.0 Å². The molecule has 0 aliphatic heterocycles. The van der Waals surface area contributed by atoms with Gasteiger partial charge in [0.05, 0.1) is 19.8 Å². The fourth-order valence-corrected chi connectivity index (χ4v) is 1.70. The minimum Gasteiger partial charge on any atom is -0.493 e. The van der Waals surface area contributed by atoms with Gasteiger partial charge < -0.3 is 14.0 Å². The van der Waals surface area contributed by atoms with Crippen LogP contribution in [0.4, 0.5) is 0 Å². The van der Waals surface area contributed by atoms with Gasteiger partial charge in [-0.05, 0) is 26.0 Å². The Hall–Kier alpha value is -1.52. The Morgan fingerprint density at radius 1 is 1.41 bits per heavy atom. The predicted octanol–water partition coefficient (Wildman–Crippen LogP) is 3.04. The van der Waals surface area contributed by atoms with Crippen LogP contribution in [0.15, 0.2) is 28.7 Å². The number of para-hydroxylation sites is 1. The number of ether oxygens (including phenoxy) is 1. The van der Waals surface area contributed by atoms with Crippen LogP contribution in [-0.2, 0) is 4.84 Å². The maximum atomic E-state index is 5.78. The van der Waals surface area contributed by atoms with Crippen molar-refractivity contribution in [3.05, 3.63) is 30.0 Å². The van der Waals surface area contributed by atoms with Gasteiger partial charge in [-0.1, -0.05) is 12.1 Å². The molecule has 1 atom stereocenters. The Labute approximate surface area is 100 Å². The van der Waals surface area contributed by atoms with E-state index in [4.69, 9.17) is 14.0 Å². The summed E-state index contributed by atoms with van der Waals surface area (Å²) in [4.78, 5) is 5.16. The van der Waals surface area contributed by atoms with Crippen LogP contribution in [0.2, 0.25) is 0 Å². The van der Waals surface area contributed by atoms with E-state index in [1.165, 1.54) is 0 Å². The zero-order valence-electron chi connectivity index (χ0n) is 10.3. The summed E-state index contributed by atoms with van der Waals surface area (Å²) >= 11 is 0. The van der Waals surface area contributed by atoms with Gasteiger partial charge in [-0.2, -0.15) is 5.48 Å². The highest BCUT2D eigenvalue weighted by Gasteiger charge is 2.13. The number of furan rings is 1. The molecule has 4 heteroatoms. The second-order valence-corrected chi connectivity index (χ2v) is 3.80. The lowest BCUT2D eigenvalue weighted by atomic mass is 10.2. The first-order valence-corrected chi connectivity index (χ1v) is 5.70. The molecule has 1 aromatic heterocycles. The Morgan fingerprint density at radius 2 is 2.24 bits per heavy atom. The summed E-state index contributed by atoms with van der Waals surface area (Å²) in [6.07, 6.45) is 0. The zero-order chi connectivity index (χ0) is 12.3. The molecule has 0 saturated heterocycles. The highest BCUT2D eigenvalue weighted by atomic mass is 16.6. The first-order valence-electron chi connectivity index (χ1n) is 5.70. The van der Waals surface area contributed by atoms with Crippen molar-refractivity contribution in [2.45, 2.75) is 19.9 Å². The number of methoxy groups -OCH3 is 1. The van der Waals surface area contributed by atoms with Crippen molar-refractivity contribution < 1.29 is 14.0 Å². The fraction of sp³-hybridized carbons (Fsp3) is 0.385. The average Bonchev–Trinajstić information content (AvgIpc) is 2.79. The Morgan fingerprint density at radius 3 is 2.94 bits per heavy atom. The number of benzene rings is 1. The van der Waals surface area contributed by atoms with Crippen LogP contribution in [0.5, 0.6) is 5.75 Å². The van der Waals surface area contributed by atoms with E-state index in [2.05, 4.69) is 5.48 Å². The summed E-state index contributed by atoms with van der Waals surface area (Å²) in [7, 11) is 1.64. The maximum absolute atomic E-state index is 5.78. The van der Waals surface area contributed by atoms with Crippen molar-refractivity contribution in [1.29, 1.82) is 0 Å². The third-order valence-electron chi connectivity index (χ3n) is 2.58. The standard InChI is InChI=1S/C13H17NO3/c1-4-16-14-9(2)12-8-10-6-5-7-11(15-3)13(10)17-12/h5-9,14H,4H2,1-3H3. The third kappa shape index (κ3) is 2.43. The molecular formula is C13H17NO3. The first kappa shape index (κ1) is 12.0. The molecule has 0 amide bonds. The number of rotatable bonds is 5. The number of hydrogen-bond donors (Lipinski definition) is 1. The lowest BCUT2D eigenvalue weighted by Gasteiger charge is -2.09. The molecule has 0 fully saturated rings. The maximum Gasteiger partial charge on any atom is 0.176 e. The molecule has 0 aliphatic carbocycles. The molecule has 0 bridgehead atoms. The largest absolute Gasteiger partial charge is 0.493 e. The second-order valence-electron chi connectivity index (χ2n) is 3.80. The van der Waals surface area contributed by atoms with Crippen molar-refractivity contribution in [2.24, 2.45) is 0 Å². The number of fused-ring (bicyclic) bond motifs is 1. The lowest BCUT2D eigenvalue weighted by molar-refractivity contribution is 0.0239. The molecular weight excluding hydrogens is 218 g/mol. The molecule has 0 radical (unpaired) electrons. The molecule has 17 heavy (non-hydrogen) atoms. The summed E-state index contributed by atoms with van der Waals surface area (Å²) < 4.78 is 11.0. The number of hydrogen-bond acceptors (Lipinski definition) is 4. The number of hydroxylamine groups is 1. The van der Waals surface area contributed by atoms with E-state index in [0.717, 1.165) is 22.5 Å². The number of nitrogens with one attached hydrogen (secondary N) is 1. The minimum absolute atomic E-state index is 0.00653. The summed E-state index contributed by atoms with van der Waals surface area (Å²) in [5.74, 6) is 1.58. The van der Waals surface area contributed by atoms with Gasteiger partial charge in [0, 0.05) is 5.39 Å². The molecule has 92 valence electrons. The van der Waals surface area contributed by atoms with Crippen molar-refractivity contribution in [1.82, 2.24) is 5.48 Å². The summed E-state index contributed by atoms with van der Waals surface area (Å²) in [5.41, 5.74) is 3.69. The summed E-state index contributed by atoms with van der Waals surface area (Å²) in [6, 6.07) is 7.83. The van der Waals surface area contributed by atoms with E-state index in [0.29, 0.717) is 6.61 Å². The highest BCUT2D eigenvalue weighted by Crippen LogP contribution is 2.30. The SMILES string of the molecule is CCONC(C)c1cc2cccc(OC)c2o1. The van der Waals surface area contributed by atoms with E-state index in [9.17, 15) is 0 Å². The molecule has 1 unspecified atom stereocenters. The molecule has 0 spiro atoms. The molecule has 0 saturated carbocycles. The summed E-state index contributed by atoms with van der Waals surface area (Å²) in [5, 5.41) is 1.03. The normalized spacial score (nSPS) is 12.9. The molecule has 2 rings (SSSR count). The van der Waals surface area contributed by atoms with Crippen LogP contribution in [0.3, 0.4) is 0 Å². The van der Waals surface area contributed by atoms with E-state index in [-0.39, 0.29) is 6.04 Å². The Balaban J connectivity index is 2.31. The van der Waals surface area contributed by atoms with Crippen LogP contribution >= 0.6 is 0 Å². The van der Waals surface area contributed by atoms with Crippen molar-refractivity contribution in [3.8, 4) is 5.75 Å². The quantitative estimate of drug-likeness (QED) is 0.809. The van der Waals surface area contributed by atoms with Gasteiger partial charge in [-0.3, -0.25) is 0 Å². The monoisotopic (exact) mass is 235 g/mol. The molecule has 1 heterocycles. The first-order chi connectivity index (χ1) is 8.26. The van der Waals surface area contributed by atoms with Crippen LogP contribution < -0.4 is 10.2 Å². The fourth-order valence-electron chi connectivity index (χ4n) is 1.70. The van der Waals surface area contributed by atoms with E-state index in [1.807, 2.05) is 38.1 Å². The van der Waals surface area contributed by atoms with E-state index < -0.39 is 0 Å². The van der Waals surface area contributed by atoms with Crippen LogP contribution in [0, 0.1) is 0 Å². The van der Waals surface area contributed by atoms with Crippen molar-refractivity contribution in [2.75, 3.05) is 13.7 Å². The molecule has 0 aliphatic rings. The van der Waals surface area contributed by atoms with E-state index in [1.54, 1.807) is 7.11 Å². The van der Waals surface area contributed by atoms with Gasteiger partial charge in [0.15, 0.2) is 11.3 Å². The van der Waals surface area contributed by atoms with Gasteiger partial charge in [0.2, 0.25) is 0 Å². The lowest BCUT2D eigenvalue weighted by Crippen LogP contribution is -2.18. The average molecular weight is 235 g/mol. The van der Waals surface area contributed by atoms with Crippen LogP contribution in [-0.4, -0.2) is 13.7 Å². The van der Waals surface area contributed by atoms with Crippen molar-refractivity contribution >= 4 is 11.0 Å². The third-order valence-corrected chi connectivity index (χ3v) is 2.58. The topological polar surface area (TPSA) is 43.6 Å².